The highest BCUT2D eigenvalue weighted by Crippen LogP contribution is 2.39. The van der Waals surface area contributed by atoms with Gasteiger partial charge >= 0.3 is 0 Å². The van der Waals surface area contributed by atoms with Crippen molar-refractivity contribution in [3.05, 3.63) is 11.1 Å². The Morgan fingerprint density at radius 1 is 1.21 bits per heavy atom. The molecule has 158 valence electrons. The highest BCUT2D eigenvalue weighted by Gasteiger charge is 2.31. The molecule has 0 spiro atoms. The van der Waals surface area contributed by atoms with Crippen LogP contribution < -0.4 is 15.5 Å². The molecule has 0 amide bonds. The molecule has 1 aliphatic carbocycles. The monoisotopic (exact) mass is 407 g/mol. The van der Waals surface area contributed by atoms with E-state index in [2.05, 4.69) is 27.8 Å². The summed E-state index contributed by atoms with van der Waals surface area (Å²) in [7, 11) is 0. The number of nitrogens with zero attached hydrogens (tertiary/aromatic N) is 3. The van der Waals surface area contributed by atoms with Gasteiger partial charge < -0.3 is 20.6 Å². The topological polar surface area (TPSA) is 72.8 Å². The van der Waals surface area contributed by atoms with E-state index in [1.165, 1.54) is 55.8 Å². The summed E-state index contributed by atoms with van der Waals surface area (Å²) in [5.74, 6) is 0.889. The Morgan fingerprint density at radius 3 is 2.71 bits per heavy atom. The van der Waals surface area contributed by atoms with Gasteiger partial charge in [0.25, 0.3) is 0 Å². The Kier molecular flexibility index (Phi) is 8.40. The number of nitrogens with one attached hydrogen (secondary N) is 2. The summed E-state index contributed by atoms with van der Waals surface area (Å²) < 4.78 is 0. The average Bonchev–Trinajstić information content (AvgIpc) is 3.39. The molecule has 3 N–H and O–H groups in total. The summed E-state index contributed by atoms with van der Waals surface area (Å²) in [5, 5.41) is 19.7. The van der Waals surface area contributed by atoms with Crippen LogP contribution in [-0.4, -0.2) is 55.4 Å². The van der Waals surface area contributed by atoms with Gasteiger partial charge in [0.15, 0.2) is 11.1 Å². The first kappa shape index (κ1) is 21.4. The molecule has 2 heterocycles. The number of aliphatic hydroxyl groups is 1. The summed E-state index contributed by atoms with van der Waals surface area (Å²) in [6.45, 7) is 7.16. The van der Waals surface area contributed by atoms with Gasteiger partial charge in [0.2, 0.25) is 0 Å². The molecular formula is C21H37N5OS. The van der Waals surface area contributed by atoms with Gasteiger partial charge in [-0.05, 0) is 44.4 Å². The predicted octanol–water partition coefficient (Wildman–Crippen LogP) is 3.17. The van der Waals surface area contributed by atoms with E-state index in [0.717, 1.165) is 51.5 Å². The van der Waals surface area contributed by atoms with Gasteiger partial charge in [-0.25, -0.2) is 4.98 Å². The van der Waals surface area contributed by atoms with Gasteiger partial charge in [-0.3, -0.25) is 4.99 Å². The molecule has 2 fully saturated rings. The molecule has 7 heteroatoms. The molecule has 0 unspecified atom stereocenters. The summed E-state index contributed by atoms with van der Waals surface area (Å²) in [4.78, 5) is 12.1. The van der Waals surface area contributed by atoms with Gasteiger partial charge in [-0.15, -0.1) is 11.3 Å². The van der Waals surface area contributed by atoms with Crippen molar-refractivity contribution in [1.29, 1.82) is 0 Å². The lowest BCUT2D eigenvalue weighted by Crippen LogP contribution is -2.40. The SMILES string of the molecule is CCNC(=NCC1(CCO)CCCCC1)NCCc1csc(N2CCCC2)n1. The van der Waals surface area contributed by atoms with E-state index in [1.54, 1.807) is 11.3 Å². The number of aliphatic hydroxyl groups excluding tert-OH is 1. The van der Waals surface area contributed by atoms with E-state index in [0.29, 0.717) is 0 Å². The Hall–Kier alpha value is -1.34. The normalized spacial score (nSPS) is 19.8. The molecule has 0 aromatic carbocycles. The highest BCUT2D eigenvalue weighted by atomic mass is 32.1. The first-order chi connectivity index (χ1) is 13.7. The van der Waals surface area contributed by atoms with Crippen LogP contribution in [0.2, 0.25) is 0 Å². The molecule has 1 saturated carbocycles. The summed E-state index contributed by atoms with van der Waals surface area (Å²) in [6.07, 6.45) is 10.6. The molecule has 1 aromatic rings. The number of aromatic nitrogens is 1. The standard InChI is InChI=1S/C21H37N5OS/c1-2-22-19(24-17-21(11-15-27)9-4-3-5-10-21)23-12-8-18-16-28-20(25-18)26-13-6-7-14-26/h16,27H,2-15,17H2,1H3,(H2,22,23,24). The van der Waals surface area contributed by atoms with Crippen LogP contribution in [0, 0.1) is 5.41 Å². The Balaban J connectivity index is 1.50. The molecule has 1 aliphatic heterocycles. The number of guanidine groups is 1. The molecule has 0 radical (unpaired) electrons. The number of anilines is 1. The van der Waals surface area contributed by atoms with Gasteiger partial charge in [-0.2, -0.15) is 0 Å². The van der Waals surface area contributed by atoms with Crippen LogP contribution in [0.25, 0.3) is 0 Å². The van der Waals surface area contributed by atoms with Crippen molar-refractivity contribution in [3.8, 4) is 0 Å². The van der Waals surface area contributed by atoms with E-state index in [-0.39, 0.29) is 12.0 Å². The summed E-state index contributed by atoms with van der Waals surface area (Å²) >= 11 is 1.77. The second-order valence-electron chi connectivity index (χ2n) is 8.22. The van der Waals surface area contributed by atoms with Crippen molar-refractivity contribution in [3.63, 3.8) is 0 Å². The van der Waals surface area contributed by atoms with E-state index < -0.39 is 0 Å². The maximum absolute atomic E-state index is 9.51. The number of hydrogen-bond donors (Lipinski definition) is 3. The highest BCUT2D eigenvalue weighted by molar-refractivity contribution is 7.13. The van der Waals surface area contributed by atoms with Crippen molar-refractivity contribution in [2.45, 2.75) is 64.7 Å². The number of thiazole rings is 1. The minimum absolute atomic E-state index is 0.189. The quantitative estimate of drug-likeness (QED) is 0.433. The first-order valence-electron chi connectivity index (χ1n) is 11.1. The van der Waals surface area contributed by atoms with Crippen LogP contribution in [-0.2, 0) is 6.42 Å². The van der Waals surface area contributed by atoms with E-state index in [4.69, 9.17) is 9.98 Å². The molecule has 0 bridgehead atoms. The molecule has 1 saturated heterocycles. The molecular weight excluding hydrogens is 370 g/mol. The number of aliphatic imine (C=N–C) groups is 1. The second-order valence-corrected chi connectivity index (χ2v) is 9.06. The first-order valence-corrected chi connectivity index (χ1v) is 11.9. The fraction of sp³-hybridized carbons (Fsp3) is 0.810. The molecule has 6 nitrogen and oxygen atoms in total. The van der Waals surface area contributed by atoms with Crippen LogP contribution >= 0.6 is 11.3 Å². The molecule has 28 heavy (non-hydrogen) atoms. The third-order valence-electron chi connectivity index (χ3n) is 6.06. The fourth-order valence-corrected chi connectivity index (χ4v) is 5.30. The maximum atomic E-state index is 9.51. The molecule has 2 aliphatic rings. The van der Waals surface area contributed by atoms with Crippen molar-refractivity contribution < 1.29 is 5.11 Å². The maximum Gasteiger partial charge on any atom is 0.191 e. The van der Waals surface area contributed by atoms with Crippen LogP contribution in [0.1, 0.15) is 64.0 Å². The zero-order chi connectivity index (χ0) is 19.7. The molecule has 1 aromatic heterocycles. The Morgan fingerprint density at radius 2 is 2.00 bits per heavy atom. The Labute approximate surface area is 173 Å². The number of hydrogen-bond acceptors (Lipinski definition) is 5. The second kappa shape index (κ2) is 11.0. The fourth-order valence-electron chi connectivity index (χ4n) is 4.39. The molecule has 3 rings (SSSR count). The lowest BCUT2D eigenvalue weighted by Gasteiger charge is -2.35. The largest absolute Gasteiger partial charge is 0.396 e. The van der Waals surface area contributed by atoms with Crippen molar-refractivity contribution in [1.82, 2.24) is 15.6 Å². The average molecular weight is 408 g/mol. The van der Waals surface area contributed by atoms with Gasteiger partial charge in [-0.1, -0.05) is 19.3 Å². The van der Waals surface area contributed by atoms with Crippen LogP contribution in [0.4, 0.5) is 5.13 Å². The third-order valence-corrected chi connectivity index (χ3v) is 7.01. The van der Waals surface area contributed by atoms with Crippen molar-refractivity contribution in [2.24, 2.45) is 10.4 Å². The van der Waals surface area contributed by atoms with Crippen molar-refractivity contribution in [2.75, 3.05) is 44.2 Å². The van der Waals surface area contributed by atoms with Gasteiger partial charge in [0, 0.05) is 51.1 Å². The van der Waals surface area contributed by atoms with Crippen LogP contribution in [0.15, 0.2) is 10.4 Å². The van der Waals surface area contributed by atoms with Crippen LogP contribution in [0.5, 0.6) is 0 Å². The van der Waals surface area contributed by atoms with E-state index >= 15 is 0 Å². The molecule has 0 atom stereocenters. The van der Waals surface area contributed by atoms with E-state index in [1.807, 2.05) is 0 Å². The van der Waals surface area contributed by atoms with Crippen LogP contribution in [0.3, 0.4) is 0 Å². The minimum Gasteiger partial charge on any atom is -0.396 e. The zero-order valence-corrected chi connectivity index (χ0v) is 18.2. The predicted molar refractivity (Wildman–Crippen MR) is 118 cm³/mol. The number of rotatable bonds is 9. The zero-order valence-electron chi connectivity index (χ0n) is 17.4. The van der Waals surface area contributed by atoms with Gasteiger partial charge in [0.05, 0.1) is 5.69 Å². The lowest BCUT2D eigenvalue weighted by atomic mass is 9.72. The smallest absolute Gasteiger partial charge is 0.191 e. The van der Waals surface area contributed by atoms with E-state index in [9.17, 15) is 5.11 Å². The summed E-state index contributed by atoms with van der Waals surface area (Å²) in [5.41, 5.74) is 1.36. The van der Waals surface area contributed by atoms with Crippen molar-refractivity contribution >= 4 is 22.4 Å². The minimum atomic E-state index is 0.189. The summed E-state index contributed by atoms with van der Waals surface area (Å²) in [6, 6.07) is 0. The third kappa shape index (κ3) is 6.08. The lowest BCUT2D eigenvalue weighted by molar-refractivity contribution is 0.137. The van der Waals surface area contributed by atoms with Gasteiger partial charge in [0.1, 0.15) is 0 Å². The Bertz CT molecular complexity index is 600.